The van der Waals surface area contributed by atoms with Crippen LogP contribution in [0.25, 0.3) is 0 Å². The lowest BCUT2D eigenvalue weighted by molar-refractivity contribution is -0.138. The molecule has 0 fully saturated rings. The first kappa shape index (κ1) is 13.5. The molecule has 17 heavy (non-hydrogen) atoms. The molecule has 0 aliphatic heterocycles. The van der Waals surface area contributed by atoms with Gasteiger partial charge in [0.05, 0.1) is 22.5 Å². The Hall–Kier alpha value is -1.55. The van der Waals surface area contributed by atoms with Crippen molar-refractivity contribution in [2.45, 2.75) is 6.18 Å². The molecule has 0 atom stereocenters. The van der Waals surface area contributed by atoms with Crippen molar-refractivity contribution in [3.05, 3.63) is 28.8 Å². The number of phenolic OH excluding ortho intramolecular Hbond substituents is 1. The second-order valence-electron chi connectivity index (χ2n) is 3.08. The minimum absolute atomic E-state index is 0.146. The maximum absolute atomic E-state index is 12.4. The third-order valence-electron chi connectivity index (χ3n) is 1.98. The Morgan fingerprint density at radius 3 is 2.47 bits per heavy atom. The predicted molar refractivity (Wildman–Crippen MR) is 55.9 cm³/mol. The van der Waals surface area contributed by atoms with E-state index < -0.39 is 28.8 Å². The van der Waals surface area contributed by atoms with Crippen LogP contribution in [0.1, 0.15) is 21.5 Å². The summed E-state index contributed by atoms with van der Waals surface area (Å²) < 4.78 is 37.2. The standard InChI is InChI=1S/C10H5BrF3NO2/c11-3-9(17)6-2-8(16)7(10(12,13)14)1-5(6)4-15/h1-2,16H,3H2. The molecule has 1 N–H and O–H groups in total. The van der Waals surface area contributed by atoms with Gasteiger partial charge in [0.1, 0.15) is 5.75 Å². The Kier molecular flexibility index (Phi) is 3.78. The monoisotopic (exact) mass is 307 g/mol. The van der Waals surface area contributed by atoms with Gasteiger partial charge in [0.2, 0.25) is 0 Å². The summed E-state index contributed by atoms with van der Waals surface area (Å²) in [5.41, 5.74) is -1.99. The smallest absolute Gasteiger partial charge is 0.419 e. The van der Waals surface area contributed by atoms with Crippen LogP contribution in [0.15, 0.2) is 12.1 Å². The number of carbonyl (C=O) groups is 1. The summed E-state index contributed by atoms with van der Waals surface area (Å²) in [6.07, 6.45) is -4.77. The molecule has 0 unspecified atom stereocenters. The van der Waals surface area contributed by atoms with E-state index in [0.29, 0.717) is 12.1 Å². The molecule has 0 aliphatic carbocycles. The topological polar surface area (TPSA) is 61.1 Å². The van der Waals surface area contributed by atoms with Gasteiger partial charge in [-0.3, -0.25) is 4.79 Å². The first-order valence-corrected chi connectivity index (χ1v) is 5.37. The van der Waals surface area contributed by atoms with Crippen LogP contribution in [0, 0.1) is 11.3 Å². The minimum Gasteiger partial charge on any atom is -0.507 e. The highest BCUT2D eigenvalue weighted by Gasteiger charge is 2.35. The molecular weight excluding hydrogens is 303 g/mol. The van der Waals surface area contributed by atoms with Crippen LogP contribution < -0.4 is 0 Å². The number of phenols is 1. The largest absolute Gasteiger partial charge is 0.507 e. The van der Waals surface area contributed by atoms with E-state index in [1.807, 2.05) is 0 Å². The molecule has 0 heterocycles. The lowest BCUT2D eigenvalue weighted by Crippen LogP contribution is -2.09. The molecule has 0 amide bonds. The van der Waals surface area contributed by atoms with E-state index in [1.165, 1.54) is 6.07 Å². The number of halogens is 4. The van der Waals surface area contributed by atoms with Gasteiger partial charge in [-0.2, -0.15) is 18.4 Å². The van der Waals surface area contributed by atoms with Crippen molar-refractivity contribution in [2.75, 3.05) is 5.33 Å². The summed E-state index contributed by atoms with van der Waals surface area (Å²) in [4.78, 5) is 11.3. The Balaban J connectivity index is 3.47. The Labute approximate surface area is 103 Å². The van der Waals surface area contributed by atoms with E-state index in [4.69, 9.17) is 5.26 Å². The van der Waals surface area contributed by atoms with Crippen LogP contribution in [0.4, 0.5) is 13.2 Å². The van der Waals surface area contributed by atoms with Gasteiger partial charge in [-0.15, -0.1) is 0 Å². The van der Waals surface area contributed by atoms with E-state index >= 15 is 0 Å². The fraction of sp³-hybridized carbons (Fsp3) is 0.200. The van der Waals surface area contributed by atoms with Crippen molar-refractivity contribution >= 4 is 21.7 Å². The number of benzene rings is 1. The first-order valence-electron chi connectivity index (χ1n) is 4.24. The lowest BCUT2D eigenvalue weighted by atomic mass is 10.0. The summed E-state index contributed by atoms with van der Waals surface area (Å²) in [5, 5.41) is 17.7. The van der Waals surface area contributed by atoms with Crippen molar-refractivity contribution in [2.24, 2.45) is 0 Å². The number of nitrogens with zero attached hydrogens (tertiary/aromatic N) is 1. The third-order valence-corrected chi connectivity index (χ3v) is 2.49. The van der Waals surface area contributed by atoms with Gasteiger partial charge in [0, 0.05) is 5.56 Å². The Bertz CT molecular complexity index is 505. The second kappa shape index (κ2) is 4.75. The number of hydrogen-bond acceptors (Lipinski definition) is 3. The fourth-order valence-electron chi connectivity index (χ4n) is 1.21. The van der Waals surface area contributed by atoms with E-state index in [-0.39, 0.29) is 10.9 Å². The van der Waals surface area contributed by atoms with Gasteiger partial charge in [0.15, 0.2) is 5.78 Å². The number of Topliss-reactive ketones (excluding diaryl/α,β-unsaturated/α-hetero) is 1. The predicted octanol–water partition coefficient (Wildman–Crippen LogP) is 2.86. The van der Waals surface area contributed by atoms with E-state index in [0.717, 1.165) is 0 Å². The Morgan fingerprint density at radius 1 is 1.47 bits per heavy atom. The molecule has 7 heteroatoms. The normalized spacial score (nSPS) is 11.0. The van der Waals surface area contributed by atoms with Crippen LogP contribution in [-0.2, 0) is 6.18 Å². The zero-order chi connectivity index (χ0) is 13.2. The number of carbonyl (C=O) groups excluding carboxylic acids is 1. The molecule has 1 rings (SSSR count). The summed E-state index contributed by atoms with van der Waals surface area (Å²) in [7, 11) is 0. The van der Waals surface area contributed by atoms with Crippen LogP contribution >= 0.6 is 15.9 Å². The number of rotatable bonds is 2. The fourth-order valence-corrected chi connectivity index (χ4v) is 1.51. The Morgan fingerprint density at radius 2 is 2.06 bits per heavy atom. The maximum atomic E-state index is 12.4. The lowest BCUT2D eigenvalue weighted by Gasteiger charge is -2.11. The van der Waals surface area contributed by atoms with Crippen LogP contribution in [0.5, 0.6) is 5.75 Å². The summed E-state index contributed by atoms with van der Waals surface area (Å²) >= 11 is 2.83. The average molecular weight is 308 g/mol. The van der Waals surface area contributed by atoms with Gasteiger partial charge in [-0.05, 0) is 12.1 Å². The molecule has 0 saturated heterocycles. The molecule has 0 saturated carbocycles. The molecule has 0 spiro atoms. The summed E-state index contributed by atoms with van der Waals surface area (Å²) in [6, 6.07) is 2.62. The van der Waals surface area contributed by atoms with Crippen LogP contribution in [0.3, 0.4) is 0 Å². The molecular formula is C10H5BrF3NO2. The molecule has 1 aromatic carbocycles. The maximum Gasteiger partial charge on any atom is 0.419 e. The molecule has 0 radical (unpaired) electrons. The molecule has 0 aromatic heterocycles. The van der Waals surface area contributed by atoms with Gasteiger partial charge in [0.25, 0.3) is 0 Å². The van der Waals surface area contributed by atoms with Crippen LogP contribution in [0.2, 0.25) is 0 Å². The number of nitriles is 1. The van der Waals surface area contributed by atoms with Crippen molar-refractivity contribution in [1.82, 2.24) is 0 Å². The highest BCUT2D eigenvalue weighted by molar-refractivity contribution is 9.09. The molecule has 0 bridgehead atoms. The average Bonchev–Trinajstić information content (AvgIpc) is 2.26. The highest BCUT2D eigenvalue weighted by Crippen LogP contribution is 2.37. The summed E-state index contributed by atoms with van der Waals surface area (Å²) in [5.74, 6) is -1.65. The van der Waals surface area contributed by atoms with Gasteiger partial charge in [-0.1, -0.05) is 15.9 Å². The number of hydrogen-bond donors (Lipinski definition) is 1. The van der Waals surface area contributed by atoms with E-state index in [9.17, 15) is 23.1 Å². The number of aromatic hydroxyl groups is 1. The zero-order valence-corrected chi connectivity index (χ0v) is 9.76. The third kappa shape index (κ3) is 2.77. The summed E-state index contributed by atoms with van der Waals surface area (Å²) in [6.45, 7) is 0. The molecule has 90 valence electrons. The zero-order valence-electron chi connectivity index (χ0n) is 8.18. The van der Waals surface area contributed by atoms with Crippen molar-refractivity contribution in [3.8, 4) is 11.8 Å². The highest BCUT2D eigenvalue weighted by atomic mass is 79.9. The van der Waals surface area contributed by atoms with Crippen LogP contribution in [-0.4, -0.2) is 16.2 Å². The second-order valence-corrected chi connectivity index (χ2v) is 3.64. The number of alkyl halides is 4. The number of ketones is 1. The quantitative estimate of drug-likeness (QED) is 0.675. The molecule has 3 nitrogen and oxygen atoms in total. The molecule has 0 aliphatic rings. The van der Waals surface area contributed by atoms with E-state index in [1.54, 1.807) is 0 Å². The van der Waals surface area contributed by atoms with Crippen molar-refractivity contribution < 1.29 is 23.1 Å². The SMILES string of the molecule is N#Cc1cc(C(F)(F)F)c(O)cc1C(=O)CBr. The van der Waals surface area contributed by atoms with Gasteiger partial charge in [-0.25, -0.2) is 0 Å². The first-order chi connectivity index (χ1) is 7.81. The molecule has 1 aromatic rings. The van der Waals surface area contributed by atoms with Gasteiger partial charge >= 0.3 is 6.18 Å². The van der Waals surface area contributed by atoms with Crippen molar-refractivity contribution in [1.29, 1.82) is 5.26 Å². The van der Waals surface area contributed by atoms with Crippen molar-refractivity contribution in [3.63, 3.8) is 0 Å². The van der Waals surface area contributed by atoms with E-state index in [2.05, 4.69) is 15.9 Å². The minimum atomic E-state index is -4.77. The van der Waals surface area contributed by atoms with Gasteiger partial charge < -0.3 is 5.11 Å².